The van der Waals surface area contributed by atoms with Gasteiger partial charge in [-0.3, -0.25) is 4.90 Å². The molecule has 0 spiro atoms. The van der Waals surface area contributed by atoms with Gasteiger partial charge in [-0.15, -0.1) is 0 Å². The van der Waals surface area contributed by atoms with Gasteiger partial charge in [-0.25, -0.2) is 19.7 Å². The minimum Gasteiger partial charge on any atom is -0.444 e. The zero-order valence-electron chi connectivity index (χ0n) is 24.3. The number of aromatic amines is 2. The zero-order chi connectivity index (χ0) is 28.8. The van der Waals surface area contributed by atoms with Crippen molar-refractivity contribution in [1.29, 1.82) is 0 Å². The molecule has 1 atom stereocenters. The second-order valence-electron chi connectivity index (χ2n) is 12.5. The summed E-state index contributed by atoms with van der Waals surface area (Å²) in [7, 11) is 0. The number of likely N-dealkylation sites (tertiary alicyclic amines) is 1. The first kappa shape index (κ1) is 26.5. The van der Waals surface area contributed by atoms with Gasteiger partial charge in [-0.05, 0) is 82.3 Å². The van der Waals surface area contributed by atoms with Gasteiger partial charge in [-0.2, -0.15) is 0 Å². The van der Waals surface area contributed by atoms with Crippen LogP contribution in [0.4, 0.5) is 4.79 Å². The van der Waals surface area contributed by atoms with Gasteiger partial charge in [0, 0.05) is 23.6 Å². The number of fused-ring (bicyclic) bond motifs is 1. The number of carbonyl (C=O) groups excluding carboxylic acids is 1. The lowest BCUT2D eigenvalue weighted by molar-refractivity contribution is 0.0218. The fourth-order valence-electron chi connectivity index (χ4n) is 6.14. The van der Waals surface area contributed by atoms with Crippen LogP contribution in [0.2, 0.25) is 0 Å². The topological polar surface area (TPSA) is 113 Å². The maximum Gasteiger partial charge on any atom is 0.410 e. The highest BCUT2D eigenvalue weighted by atomic mass is 16.6. The summed E-state index contributed by atoms with van der Waals surface area (Å²) in [5.41, 5.74) is 5.83. The van der Waals surface area contributed by atoms with Gasteiger partial charge in [0.2, 0.25) is 5.89 Å². The highest BCUT2D eigenvalue weighted by Crippen LogP contribution is 2.35. The number of nitrogens with one attached hydrogen (secondary N) is 2. The lowest BCUT2D eigenvalue weighted by Gasteiger charge is -2.27. The van der Waals surface area contributed by atoms with E-state index in [1.807, 2.05) is 63.5 Å². The Labute approximate surface area is 244 Å². The molecule has 2 aliphatic rings. The van der Waals surface area contributed by atoms with Gasteiger partial charge in [0.1, 0.15) is 22.8 Å². The highest BCUT2D eigenvalue weighted by Gasteiger charge is 2.35. The Kier molecular flexibility index (Phi) is 6.60. The van der Waals surface area contributed by atoms with E-state index >= 15 is 0 Å². The normalized spacial score (nSPS) is 17.9. The second kappa shape index (κ2) is 10.5. The SMILES string of the molecule is CC(C)(C)OC(=O)N1CCCC1c1ncc(-c2ccc3oc(-c4ccc(-c5cnc(C6CCCC6)[nH]5)cc4)nc3c2)[nH]1. The number of aromatic nitrogens is 5. The first-order valence-electron chi connectivity index (χ1n) is 14.9. The Morgan fingerprint density at radius 3 is 2.31 bits per heavy atom. The molecule has 2 aromatic carbocycles. The molecule has 0 radical (unpaired) electrons. The van der Waals surface area contributed by atoms with Gasteiger partial charge < -0.3 is 19.1 Å². The summed E-state index contributed by atoms with van der Waals surface area (Å²) in [6, 6.07) is 14.0. The van der Waals surface area contributed by atoms with E-state index < -0.39 is 5.60 Å². The predicted octanol–water partition coefficient (Wildman–Crippen LogP) is 8.00. The molecule has 1 unspecified atom stereocenters. The summed E-state index contributed by atoms with van der Waals surface area (Å²) in [5, 5.41) is 0. The number of nitrogens with zero attached hydrogens (tertiary/aromatic N) is 4. The lowest BCUT2D eigenvalue weighted by Crippen LogP contribution is -2.36. The molecule has 216 valence electrons. The minimum absolute atomic E-state index is 0.130. The van der Waals surface area contributed by atoms with E-state index in [1.54, 1.807) is 4.90 Å². The summed E-state index contributed by atoms with van der Waals surface area (Å²) >= 11 is 0. The van der Waals surface area contributed by atoms with Crippen molar-refractivity contribution in [2.24, 2.45) is 0 Å². The zero-order valence-corrected chi connectivity index (χ0v) is 24.3. The van der Waals surface area contributed by atoms with E-state index in [0.717, 1.165) is 63.7 Å². The number of imidazole rings is 2. The number of rotatable bonds is 5. The van der Waals surface area contributed by atoms with Crippen molar-refractivity contribution in [3.8, 4) is 34.0 Å². The first-order chi connectivity index (χ1) is 20.3. The molecule has 7 rings (SSSR count). The maximum absolute atomic E-state index is 12.8. The number of hydrogen-bond acceptors (Lipinski definition) is 6. The van der Waals surface area contributed by atoms with Crippen molar-refractivity contribution in [3.05, 3.63) is 66.5 Å². The number of benzene rings is 2. The van der Waals surface area contributed by atoms with Crippen LogP contribution in [0.5, 0.6) is 0 Å². The van der Waals surface area contributed by atoms with E-state index in [4.69, 9.17) is 14.1 Å². The Hall–Kier alpha value is -4.40. The molecule has 1 saturated heterocycles. The van der Waals surface area contributed by atoms with Crippen LogP contribution >= 0.6 is 0 Å². The van der Waals surface area contributed by atoms with Crippen molar-refractivity contribution in [2.75, 3.05) is 6.54 Å². The van der Waals surface area contributed by atoms with Gasteiger partial charge in [-0.1, -0.05) is 25.0 Å². The predicted molar refractivity (Wildman–Crippen MR) is 161 cm³/mol. The standard InChI is InChI=1S/C33H36N6O3/c1-33(2,3)42-32(40)39-16-6-9-27(39)30-35-19-26(37-30)23-14-15-28-24(17-23)38-31(41-28)22-12-10-20(11-13-22)25-18-34-29(36-25)21-7-4-5-8-21/h10-15,17-19,21,27H,4-9,16H2,1-3H3,(H,34,36)(H,35,37). The smallest absolute Gasteiger partial charge is 0.410 e. The summed E-state index contributed by atoms with van der Waals surface area (Å²) in [6.07, 6.45) is 10.2. The molecule has 5 aromatic rings. The summed E-state index contributed by atoms with van der Waals surface area (Å²) < 4.78 is 11.7. The average Bonchev–Trinajstić information content (AvgIpc) is 3.79. The number of amides is 1. The maximum atomic E-state index is 12.8. The molecule has 1 aliphatic heterocycles. The second-order valence-corrected chi connectivity index (χ2v) is 12.5. The third-order valence-electron chi connectivity index (χ3n) is 8.27. The van der Waals surface area contributed by atoms with Crippen LogP contribution in [0.3, 0.4) is 0 Å². The largest absolute Gasteiger partial charge is 0.444 e. The highest BCUT2D eigenvalue weighted by molar-refractivity contribution is 5.82. The van der Waals surface area contributed by atoms with Gasteiger partial charge >= 0.3 is 6.09 Å². The number of carbonyl (C=O) groups is 1. The first-order valence-corrected chi connectivity index (χ1v) is 14.9. The quantitative estimate of drug-likeness (QED) is 0.224. The van der Waals surface area contributed by atoms with E-state index in [0.29, 0.717) is 18.4 Å². The molecule has 1 amide bonds. The van der Waals surface area contributed by atoms with Crippen molar-refractivity contribution >= 4 is 17.2 Å². The van der Waals surface area contributed by atoms with E-state index in [1.165, 1.54) is 25.7 Å². The fourth-order valence-corrected chi connectivity index (χ4v) is 6.14. The van der Waals surface area contributed by atoms with Crippen LogP contribution in [-0.4, -0.2) is 48.1 Å². The van der Waals surface area contributed by atoms with Crippen LogP contribution in [0.25, 0.3) is 45.1 Å². The molecule has 4 heterocycles. The Balaban J connectivity index is 1.08. The van der Waals surface area contributed by atoms with Crippen molar-refractivity contribution in [3.63, 3.8) is 0 Å². The number of H-pyrrole nitrogens is 2. The molecule has 2 fully saturated rings. The van der Waals surface area contributed by atoms with E-state index in [9.17, 15) is 4.79 Å². The minimum atomic E-state index is -0.537. The molecule has 2 N–H and O–H groups in total. The van der Waals surface area contributed by atoms with Crippen LogP contribution < -0.4 is 0 Å². The fraction of sp³-hybridized carbons (Fsp3) is 0.394. The number of ether oxygens (including phenoxy) is 1. The summed E-state index contributed by atoms with van der Waals surface area (Å²) in [6.45, 7) is 6.31. The summed E-state index contributed by atoms with van der Waals surface area (Å²) in [5.74, 6) is 3.01. The number of oxazole rings is 1. The molecule has 1 saturated carbocycles. The molecular weight excluding hydrogens is 528 g/mol. The van der Waals surface area contributed by atoms with Gasteiger partial charge in [0.05, 0.1) is 29.8 Å². The van der Waals surface area contributed by atoms with Crippen molar-refractivity contribution < 1.29 is 13.9 Å². The molecule has 3 aromatic heterocycles. The third-order valence-corrected chi connectivity index (χ3v) is 8.27. The van der Waals surface area contributed by atoms with Crippen LogP contribution in [0.1, 0.15) is 82.9 Å². The third kappa shape index (κ3) is 5.19. The molecule has 1 aliphatic carbocycles. The summed E-state index contributed by atoms with van der Waals surface area (Å²) in [4.78, 5) is 35.6. The van der Waals surface area contributed by atoms with Crippen molar-refractivity contribution in [1.82, 2.24) is 29.8 Å². The Morgan fingerprint density at radius 2 is 1.55 bits per heavy atom. The Bertz CT molecular complexity index is 1720. The molecule has 9 heteroatoms. The van der Waals surface area contributed by atoms with E-state index in [-0.39, 0.29) is 12.1 Å². The van der Waals surface area contributed by atoms with Gasteiger partial charge in [0.25, 0.3) is 0 Å². The average molecular weight is 565 g/mol. The van der Waals surface area contributed by atoms with Crippen LogP contribution in [-0.2, 0) is 4.74 Å². The van der Waals surface area contributed by atoms with E-state index in [2.05, 4.69) is 32.1 Å². The van der Waals surface area contributed by atoms with Gasteiger partial charge in [0.15, 0.2) is 5.58 Å². The Morgan fingerprint density at radius 1 is 0.881 bits per heavy atom. The molecule has 9 nitrogen and oxygen atoms in total. The van der Waals surface area contributed by atoms with Crippen molar-refractivity contribution in [2.45, 2.75) is 76.9 Å². The molecular formula is C33H36N6O3. The van der Waals surface area contributed by atoms with Crippen LogP contribution in [0.15, 0.2) is 59.3 Å². The lowest BCUT2D eigenvalue weighted by atomic mass is 10.1. The monoisotopic (exact) mass is 564 g/mol. The molecule has 42 heavy (non-hydrogen) atoms. The number of hydrogen-bond donors (Lipinski definition) is 2. The van der Waals surface area contributed by atoms with Crippen LogP contribution in [0, 0.1) is 0 Å². The molecule has 0 bridgehead atoms.